The molecule has 0 fully saturated rings. The van der Waals surface area contributed by atoms with Gasteiger partial charge in [-0.05, 0) is 40.8 Å². The third-order valence-electron chi connectivity index (χ3n) is 3.90. The maximum atomic E-state index is 13.2. The maximum absolute atomic E-state index is 13.2. The lowest BCUT2D eigenvalue weighted by atomic mass is 9.82. The van der Waals surface area contributed by atoms with Crippen LogP contribution in [0, 0.1) is 11.2 Å². The molecular weight excluding hydrogens is 305 g/mol. The maximum Gasteiger partial charge on any atom is 0.224 e. The smallest absolute Gasteiger partial charge is 0.224 e. The number of ether oxygens (including phenoxy) is 1. The zero-order chi connectivity index (χ0) is 17.7. The van der Waals surface area contributed by atoms with Crippen LogP contribution in [0.4, 0.5) is 4.39 Å². The summed E-state index contributed by atoms with van der Waals surface area (Å²) >= 11 is 0. The molecule has 0 spiro atoms. The number of carbonyl (C=O) groups excluding carboxylic acids is 1. The van der Waals surface area contributed by atoms with Gasteiger partial charge in [-0.15, -0.1) is 0 Å². The molecule has 0 aromatic heterocycles. The summed E-state index contributed by atoms with van der Waals surface area (Å²) in [7, 11) is 1.61. The molecule has 0 bridgehead atoms. The second kappa shape index (κ2) is 7.47. The van der Waals surface area contributed by atoms with Crippen molar-refractivity contribution in [1.82, 2.24) is 5.32 Å². The van der Waals surface area contributed by atoms with E-state index in [2.05, 4.69) is 26.1 Å². The number of rotatable bonds is 5. The van der Waals surface area contributed by atoms with Crippen molar-refractivity contribution in [3.8, 4) is 5.75 Å². The molecule has 3 nitrogen and oxygen atoms in total. The van der Waals surface area contributed by atoms with Crippen molar-refractivity contribution < 1.29 is 13.9 Å². The van der Waals surface area contributed by atoms with E-state index in [0.29, 0.717) is 0 Å². The molecule has 24 heavy (non-hydrogen) atoms. The number of halogens is 1. The summed E-state index contributed by atoms with van der Waals surface area (Å²) in [5.41, 5.74) is 1.62. The van der Waals surface area contributed by atoms with Crippen LogP contribution in [0.5, 0.6) is 5.75 Å². The quantitative estimate of drug-likeness (QED) is 0.889. The van der Waals surface area contributed by atoms with Gasteiger partial charge < -0.3 is 10.1 Å². The number of nitrogens with one attached hydrogen (secondary N) is 1. The Morgan fingerprint density at radius 3 is 2.17 bits per heavy atom. The number of carbonyl (C=O) groups is 1. The monoisotopic (exact) mass is 329 g/mol. The van der Waals surface area contributed by atoms with Crippen LogP contribution in [0.25, 0.3) is 0 Å². The molecule has 2 aromatic carbocycles. The summed E-state index contributed by atoms with van der Waals surface area (Å²) < 4.78 is 18.3. The second-order valence-corrected chi connectivity index (χ2v) is 6.94. The average Bonchev–Trinajstić information content (AvgIpc) is 2.53. The number of benzene rings is 2. The summed E-state index contributed by atoms with van der Waals surface area (Å²) in [4.78, 5) is 12.4. The summed E-state index contributed by atoms with van der Waals surface area (Å²) in [6, 6.07) is 13.5. The third-order valence-corrected chi connectivity index (χ3v) is 3.90. The number of amides is 1. The van der Waals surface area contributed by atoms with E-state index >= 15 is 0 Å². The van der Waals surface area contributed by atoms with E-state index in [-0.39, 0.29) is 29.6 Å². The molecule has 0 aliphatic rings. The van der Waals surface area contributed by atoms with Gasteiger partial charge in [-0.2, -0.15) is 0 Å². The number of hydrogen-bond donors (Lipinski definition) is 1. The van der Waals surface area contributed by atoms with Crippen molar-refractivity contribution in [2.75, 3.05) is 7.11 Å². The van der Waals surface area contributed by atoms with E-state index in [9.17, 15) is 9.18 Å². The van der Waals surface area contributed by atoms with Gasteiger partial charge in [0.25, 0.3) is 0 Å². The fourth-order valence-electron chi connectivity index (χ4n) is 2.60. The van der Waals surface area contributed by atoms with Gasteiger partial charge in [0.15, 0.2) is 0 Å². The molecule has 0 heterocycles. The van der Waals surface area contributed by atoms with Gasteiger partial charge >= 0.3 is 0 Å². The van der Waals surface area contributed by atoms with Crippen LogP contribution in [-0.2, 0) is 11.2 Å². The van der Waals surface area contributed by atoms with Crippen LogP contribution in [0.15, 0.2) is 48.5 Å². The van der Waals surface area contributed by atoms with Gasteiger partial charge in [0.2, 0.25) is 5.91 Å². The Balaban J connectivity index is 2.11. The normalized spacial score (nSPS) is 12.5. The molecule has 128 valence electrons. The molecule has 2 aromatic rings. The van der Waals surface area contributed by atoms with E-state index in [4.69, 9.17) is 4.74 Å². The Bertz CT molecular complexity index is 672. The molecular formula is C20H24FNO2. The van der Waals surface area contributed by atoms with Gasteiger partial charge in [0, 0.05) is 0 Å². The highest BCUT2D eigenvalue weighted by atomic mass is 19.1. The fourth-order valence-corrected chi connectivity index (χ4v) is 2.60. The Hall–Kier alpha value is -2.36. The van der Waals surface area contributed by atoms with Gasteiger partial charge in [-0.1, -0.05) is 45.0 Å². The molecule has 1 N–H and O–H groups in total. The average molecular weight is 329 g/mol. The molecule has 1 unspecified atom stereocenters. The minimum atomic E-state index is -0.282. The molecule has 0 aliphatic carbocycles. The van der Waals surface area contributed by atoms with E-state index in [1.54, 1.807) is 19.2 Å². The molecule has 0 radical (unpaired) electrons. The van der Waals surface area contributed by atoms with Crippen molar-refractivity contribution in [2.24, 2.45) is 5.41 Å². The first-order chi connectivity index (χ1) is 11.3. The van der Waals surface area contributed by atoms with Gasteiger partial charge in [0.05, 0.1) is 19.6 Å². The molecule has 1 amide bonds. The first-order valence-electron chi connectivity index (χ1n) is 7.97. The van der Waals surface area contributed by atoms with E-state index in [1.165, 1.54) is 12.1 Å². The molecule has 0 saturated heterocycles. The molecule has 1 atom stereocenters. The van der Waals surface area contributed by atoms with Crippen molar-refractivity contribution >= 4 is 5.91 Å². The molecule has 2 rings (SSSR count). The van der Waals surface area contributed by atoms with Crippen LogP contribution < -0.4 is 10.1 Å². The Kier molecular flexibility index (Phi) is 5.60. The fraction of sp³-hybridized carbons (Fsp3) is 0.350. The zero-order valence-electron chi connectivity index (χ0n) is 14.6. The Morgan fingerprint density at radius 2 is 1.67 bits per heavy atom. The predicted octanol–water partition coefficient (Wildman–Crippen LogP) is 4.28. The highest BCUT2D eigenvalue weighted by Crippen LogP contribution is 2.32. The summed E-state index contributed by atoms with van der Waals surface area (Å²) in [6.07, 6.45) is 0.289. The summed E-state index contributed by atoms with van der Waals surface area (Å²) in [6.45, 7) is 6.15. The van der Waals surface area contributed by atoms with Crippen molar-refractivity contribution in [1.29, 1.82) is 0 Å². The van der Waals surface area contributed by atoms with Crippen LogP contribution in [0.2, 0.25) is 0 Å². The first-order valence-corrected chi connectivity index (χ1v) is 7.97. The highest BCUT2D eigenvalue weighted by Gasteiger charge is 2.27. The van der Waals surface area contributed by atoms with Crippen LogP contribution >= 0.6 is 0 Å². The Morgan fingerprint density at radius 1 is 1.08 bits per heavy atom. The van der Waals surface area contributed by atoms with Gasteiger partial charge in [-0.25, -0.2) is 4.39 Å². The SMILES string of the molecule is COc1ccc(CC(=O)NC(c2ccc(F)cc2)C(C)(C)C)cc1. The predicted molar refractivity (Wildman–Crippen MR) is 93.4 cm³/mol. The van der Waals surface area contributed by atoms with Crippen LogP contribution in [0.3, 0.4) is 0 Å². The Labute approximate surface area is 142 Å². The van der Waals surface area contributed by atoms with Crippen molar-refractivity contribution in [3.63, 3.8) is 0 Å². The highest BCUT2D eigenvalue weighted by molar-refractivity contribution is 5.79. The summed E-state index contributed by atoms with van der Waals surface area (Å²) in [5.74, 6) is 0.415. The topological polar surface area (TPSA) is 38.3 Å². The minimum absolute atomic E-state index is 0.0654. The molecule has 0 saturated carbocycles. The second-order valence-electron chi connectivity index (χ2n) is 6.94. The molecule has 4 heteroatoms. The van der Waals surface area contributed by atoms with Crippen molar-refractivity contribution in [3.05, 3.63) is 65.5 Å². The lowest BCUT2D eigenvalue weighted by Crippen LogP contribution is -2.37. The standard InChI is InChI=1S/C20H24FNO2/c1-20(2,3)19(15-7-9-16(21)10-8-15)22-18(23)13-14-5-11-17(24-4)12-6-14/h5-12,19H,13H2,1-4H3,(H,22,23). The van der Waals surface area contributed by atoms with E-state index in [0.717, 1.165) is 16.9 Å². The van der Waals surface area contributed by atoms with Crippen molar-refractivity contribution in [2.45, 2.75) is 33.2 Å². The van der Waals surface area contributed by atoms with Crippen LogP contribution in [0.1, 0.15) is 37.9 Å². The first kappa shape index (κ1) is 18.0. The lowest BCUT2D eigenvalue weighted by Gasteiger charge is -2.32. The zero-order valence-corrected chi connectivity index (χ0v) is 14.6. The van der Waals surface area contributed by atoms with E-state index < -0.39 is 0 Å². The summed E-state index contributed by atoms with van der Waals surface area (Å²) in [5, 5.41) is 3.08. The van der Waals surface area contributed by atoms with Crippen LogP contribution in [-0.4, -0.2) is 13.0 Å². The number of methoxy groups -OCH3 is 1. The lowest BCUT2D eigenvalue weighted by molar-refractivity contribution is -0.122. The molecule has 0 aliphatic heterocycles. The van der Waals surface area contributed by atoms with E-state index in [1.807, 2.05) is 24.3 Å². The van der Waals surface area contributed by atoms with Gasteiger partial charge in [-0.3, -0.25) is 4.79 Å². The van der Waals surface area contributed by atoms with Gasteiger partial charge in [0.1, 0.15) is 11.6 Å². The minimum Gasteiger partial charge on any atom is -0.497 e. The third kappa shape index (κ3) is 4.82. The number of hydrogen-bond acceptors (Lipinski definition) is 2. The largest absolute Gasteiger partial charge is 0.497 e.